The van der Waals surface area contributed by atoms with Crippen molar-refractivity contribution in [1.82, 2.24) is 15.2 Å². The highest BCUT2D eigenvalue weighted by Crippen LogP contribution is 2.31. The summed E-state index contributed by atoms with van der Waals surface area (Å²) in [6.07, 6.45) is 3.95. The van der Waals surface area contributed by atoms with Gasteiger partial charge in [-0.3, -0.25) is 0 Å². The molecule has 2 aromatic rings. The Kier molecular flexibility index (Phi) is 3.49. The van der Waals surface area contributed by atoms with Gasteiger partial charge in [-0.2, -0.15) is 0 Å². The van der Waals surface area contributed by atoms with Crippen LogP contribution in [0.15, 0.2) is 20.3 Å². The Balaban J connectivity index is 2.03. The molecule has 0 saturated carbocycles. The van der Waals surface area contributed by atoms with E-state index in [4.69, 9.17) is 0 Å². The Labute approximate surface area is 94.6 Å². The van der Waals surface area contributed by atoms with Crippen molar-refractivity contribution >= 4 is 34.4 Å². The maximum absolute atomic E-state index is 4.19. The fraction of sp³-hybridized carbons (Fsp3) is 0.375. The first-order chi connectivity index (χ1) is 6.88. The van der Waals surface area contributed by atoms with Gasteiger partial charge in [0.2, 0.25) is 0 Å². The second-order valence-electron chi connectivity index (χ2n) is 2.61. The summed E-state index contributed by atoms with van der Waals surface area (Å²) >= 11 is 4.89. The first kappa shape index (κ1) is 10.1. The van der Waals surface area contributed by atoms with Crippen molar-refractivity contribution in [3.05, 3.63) is 16.6 Å². The van der Waals surface area contributed by atoms with Gasteiger partial charge in [-0.1, -0.05) is 18.3 Å². The lowest BCUT2D eigenvalue weighted by atomic mass is 10.4. The second-order valence-corrected chi connectivity index (χ2v) is 6.06. The van der Waals surface area contributed by atoms with Gasteiger partial charge < -0.3 is 0 Å². The van der Waals surface area contributed by atoms with Gasteiger partial charge >= 0.3 is 0 Å². The molecule has 0 saturated heterocycles. The van der Waals surface area contributed by atoms with Crippen LogP contribution in [0.25, 0.3) is 0 Å². The molecule has 0 bridgehead atoms. The summed E-state index contributed by atoms with van der Waals surface area (Å²) in [5, 5.41) is 11.3. The average molecular weight is 243 g/mol. The van der Waals surface area contributed by atoms with E-state index in [-0.39, 0.29) is 0 Å². The van der Waals surface area contributed by atoms with E-state index >= 15 is 0 Å². The van der Waals surface area contributed by atoms with E-state index in [2.05, 4.69) is 22.1 Å². The van der Waals surface area contributed by atoms with Crippen molar-refractivity contribution in [1.29, 1.82) is 0 Å². The molecule has 0 aliphatic heterocycles. The number of thiazole rings is 1. The number of hydrogen-bond donors (Lipinski definition) is 0. The Morgan fingerprint density at radius 1 is 1.36 bits per heavy atom. The fourth-order valence-electron chi connectivity index (χ4n) is 0.930. The molecule has 0 aromatic carbocycles. The highest BCUT2D eigenvalue weighted by molar-refractivity contribution is 8.02. The van der Waals surface area contributed by atoms with E-state index in [9.17, 15) is 0 Å². The normalized spacial score (nSPS) is 10.6. The zero-order valence-corrected chi connectivity index (χ0v) is 10.1. The molecule has 0 amide bonds. The molecule has 2 aromatic heterocycles. The van der Waals surface area contributed by atoms with Gasteiger partial charge in [0.25, 0.3) is 0 Å². The molecular formula is C8H9N3S3. The first-order valence-corrected chi connectivity index (χ1v) is 6.79. The van der Waals surface area contributed by atoms with Crippen LogP contribution in [-0.4, -0.2) is 15.2 Å². The van der Waals surface area contributed by atoms with E-state index in [0.29, 0.717) is 0 Å². The van der Waals surface area contributed by atoms with Crippen LogP contribution in [0.2, 0.25) is 0 Å². The van der Waals surface area contributed by atoms with E-state index in [1.54, 1.807) is 40.6 Å². The van der Waals surface area contributed by atoms with Crippen molar-refractivity contribution in [3.8, 4) is 0 Å². The van der Waals surface area contributed by atoms with E-state index < -0.39 is 0 Å². The molecule has 0 spiro atoms. The quantitative estimate of drug-likeness (QED) is 0.827. The molecule has 0 radical (unpaired) electrons. The van der Waals surface area contributed by atoms with E-state index in [1.807, 2.05) is 5.38 Å². The zero-order chi connectivity index (χ0) is 9.80. The van der Waals surface area contributed by atoms with Crippen LogP contribution < -0.4 is 0 Å². The molecule has 0 N–H and O–H groups in total. The molecule has 74 valence electrons. The third-order valence-corrected chi connectivity index (χ3v) is 4.41. The van der Waals surface area contributed by atoms with Crippen molar-refractivity contribution in [2.24, 2.45) is 0 Å². The fourth-order valence-corrected chi connectivity index (χ4v) is 3.75. The average Bonchev–Trinajstić information content (AvgIpc) is 2.79. The maximum Gasteiger partial charge on any atom is 0.181 e. The number of nitrogens with zero attached hydrogens (tertiary/aromatic N) is 3. The largest absolute Gasteiger partial charge is 0.238 e. The summed E-state index contributed by atoms with van der Waals surface area (Å²) in [7, 11) is 0. The second kappa shape index (κ2) is 4.86. The molecule has 2 rings (SSSR count). The van der Waals surface area contributed by atoms with Crippen molar-refractivity contribution < 1.29 is 0 Å². The standard InChI is InChI=1S/C8H9N3S3/c1-2-3-6-10-11-8(13-6)14-7-9-4-5-12-7/h4-5H,2-3H2,1H3. The van der Waals surface area contributed by atoms with Crippen LogP contribution in [0.1, 0.15) is 18.4 Å². The van der Waals surface area contributed by atoms with Gasteiger partial charge in [-0.15, -0.1) is 21.5 Å². The third kappa shape index (κ3) is 2.52. The van der Waals surface area contributed by atoms with Gasteiger partial charge in [-0.05, 0) is 18.2 Å². The minimum absolute atomic E-state index is 0.989. The number of rotatable bonds is 4. The third-order valence-electron chi connectivity index (χ3n) is 1.50. The van der Waals surface area contributed by atoms with Crippen LogP contribution in [0.3, 0.4) is 0 Å². The minimum atomic E-state index is 0.989. The van der Waals surface area contributed by atoms with Gasteiger partial charge in [-0.25, -0.2) is 4.98 Å². The summed E-state index contributed by atoms with van der Waals surface area (Å²) in [5.74, 6) is 0. The Morgan fingerprint density at radius 3 is 3.00 bits per heavy atom. The lowest BCUT2D eigenvalue weighted by molar-refractivity contribution is 0.866. The summed E-state index contributed by atoms with van der Waals surface area (Å²) in [6, 6.07) is 0. The summed E-state index contributed by atoms with van der Waals surface area (Å²) < 4.78 is 2.02. The molecule has 0 aliphatic rings. The van der Waals surface area contributed by atoms with Crippen molar-refractivity contribution in [2.75, 3.05) is 0 Å². The molecule has 6 heteroatoms. The molecule has 0 aliphatic carbocycles. The van der Waals surface area contributed by atoms with Gasteiger partial charge in [0.1, 0.15) is 5.01 Å². The number of hydrogen-bond acceptors (Lipinski definition) is 6. The Bertz CT molecular complexity index is 382. The van der Waals surface area contributed by atoms with Gasteiger partial charge in [0, 0.05) is 18.0 Å². The summed E-state index contributed by atoms with van der Waals surface area (Å²) in [6.45, 7) is 2.15. The monoisotopic (exact) mass is 243 g/mol. The van der Waals surface area contributed by atoms with E-state index in [1.165, 1.54) is 0 Å². The van der Waals surface area contributed by atoms with Crippen LogP contribution >= 0.6 is 34.4 Å². The highest BCUT2D eigenvalue weighted by atomic mass is 32.2. The molecule has 0 unspecified atom stereocenters. The van der Waals surface area contributed by atoms with Crippen LogP contribution in [0.5, 0.6) is 0 Å². The molecule has 0 fully saturated rings. The lowest BCUT2D eigenvalue weighted by Gasteiger charge is -1.87. The van der Waals surface area contributed by atoms with Gasteiger partial charge in [0.15, 0.2) is 8.68 Å². The highest BCUT2D eigenvalue weighted by Gasteiger charge is 2.06. The molecule has 2 heterocycles. The number of aromatic nitrogens is 3. The Morgan fingerprint density at radius 2 is 2.29 bits per heavy atom. The minimum Gasteiger partial charge on any atom is -0.238 e. The van der Waals surface area contributed by atoms with Crippen LogP contribution in [-0.2, 0) is 6.42 Å². The topological polar surface area (TPSA) is 38.7 Å². The van der Waals surface area contributed by atoms with E-state index in [0.717, 1.165) is 26.5 Å². The van der Waals surface area contributed by atoms with Crippen molar-refractivity contribution in [2.45, 2.75) is 28.4 Å². The number of aryl methyl sites for hydroxylation is 1. The Hall–Kier alpha value is -0.460. The van der Waals surface area contributed by atoms with Crippen LogP contribution in [0.4, 0.5) is 0 Å². The first-order valence-electron chi connectivity index (χ1n) is 4.28. The SMILES string of the molecule is CCCc1nnc(Sc2nccs2)s1. The smallest absolute Gasteiger partial charge is 0.181 e. The maximum atomic E-state index is 4.19. The zero-order valence-electron chi connectivity index (χ0n) is 7.64. The predicted octanol–water partition coefficient (Wildman–Crippen LogP) is 3.10. The molecule has 14 heavy (non-hydrogen) atoms. The predicted molar refractivity (Wildman–Crippen MR) is 60.1 cm³/mol. The van der Waals surface area contributed by atoms with Gasteiger partial charge in [0.05, 0.1) is 0 Å². The summed E-state index contributed by atoms with van der Waals surface area (Å²) in [4.78, 5) is 4.19. The van der Waals surface area contributed by atoms with Crippen LogP contribution in [0, 0.1) is 0 Å². The molecular weight excluding hydrogens is 234 g/mol. The molecule has 3 nitrogen and oxygen atoms in total. The molecule has 0 atom stereocenters. The lowest BCUT2D eigenvalue weighted by Crippen LogP contribution is -1.79. The summed E-state index contributed by atoms with van der Waals surface area (Å²) in [5.41, 5.74) is 0. The van der Waals surface area contributed by atoms with Crippen molar-refractivity contribution in [3.63, 3.8) is 0 Å².